The standard InChI is InChI=1S/C19H17F2N3O3S/c1-26-13-5-6-15-16(8-13)28-19(23-15)24-9-11(10-24)17(25)22-12-3-2-4-14(7-12)27-18(20)21/h2-8,11,18H,9-10H2,1H3,(H,22,25). The average Bonchev–Trinajstić information content (AvgIpc) is 3.02. The fourth-order valence-electron chi connectivity index (χ4n) is 2.95. The van der Waals surface area contributed by atoms with Crippen molar-refractivity contribution in [1.82, 2.24) is 4.98 Å². The topological polar surface area (TPSA) is 63.7 Å². The Hall–Kier alpha value is -2.94. The molecule has 3 aromatic rings. The van der Waals surface area contributed by atoms with E-state index in [4.69, 9.17) is 4.74 Å². The van der Waals surface area contributed by atoms with E-state index in [-0.39, 0.29) is 17.6 Å². The number of nitrogens with one attached hydrogen (secondary N) is 1. The van der Waals surface area contributed by atoms with E-state index in [9.17, 15) is 13.6 Å². The lowest BCUT2D eigenvalue weighted by molar-refractivity contribution is -0.120. The van der Waals surface area contributed by atoms with Crippen LogP contribution >= 0.6 is 11.3 Å². The quantitative estimate of drug-likeness (QED) is 0.672. The second-order valence-corrected chi connectivity index (χ2v) is 7.34. The van der Waals surface area contributed by atoms with E-state index in [2.05, 4.69) is 15.0 Å². The van der Waals surface area contributed by atoms with Crippen molar-refractivity contribution in [2.24, 2.45) is 5.92 Å². The molecule has 28 heavy (non-hydrogen) atoms. The number of anilines is 2. The first kappa shape index (κ1) is 18.4. The third-order valence-corrected chi connectivity index (χ3v) is 5.51. The first-order chi connectivity index (χ1) is 13.5. The zero-order chi connectivity index (χ0) is 19.7. The number of alkyl halides is 2. The minimum absolute atomic E-state index is 0.00735. The smallest absolute Gasteiger partial charge is 0.387 e. The Bertz CT molecular complexity index is 1010. The molecule has 1 saturated heterocycles. The fraction of sp³-hybridized carbons (Fsp3) is 0.263. The molecule has 0 saturated carbocycles. The number of aromatic nitrogens is 1. The summed E-state index contributed by atoms with van der Waals surface area (Å²) in [6.45, 7) is -1.80. The van der Waals surface area contributed by atoms with Crippen molar-refractivity contribution in [3.8, 4) is 11.5 Å². The Morgan fingerprint density at radius 1 is 1.25 bits per heavy atom. The van der Waals surface area contributed by atoms with Gasteiger partial charge < -0.3 is 19.7 Å². The molecule has 1 amide bonds. The van der Waals surface area contributed by atoms with Gasteiger partial charge in [0.2, 0.25) is 5.91 Å². The van der Waals surface area contributed by atoms with Crippen molar-refractivity contribution >= 4 is 38.3 Å². The average molecular weight is 405 g/mol. The molecule has 4 rings (SSSR count). The Kier molecular flexibility index (Phi) is 4.99. The number of amides is 1. The van der Waals surface area contributed by atoms with Crippen molar-refractivity contribution < 1.29 is 23.0 Å². The first-order valence-electron chi connectivity index (χ1n) is 8.57. The predicted molar refractivity (Wildman–Crippen MR) is 104 cm³/mol. The lowest BCUT2D eigenvalue weighted by atomic mass is 10.00. The van der Waals surface area contributed by atoms with Gasteiger partial charge in [0.15, 0.2) is 5.13 Å². The van der Waals surface area contributed by atoms with E-state index >= 15 is 0 Å². The summed E-state index contributed by atoms with van der Waals surface area (Å²) in [6, 6.07) is 11.7. The molecule has 1 fully saturated rings. The SMILES string of the molecule is COc1ccc2nc(N3CC(C(=O)Nc4cccc(OC(F)F)c4)C3)sc2c1. The van der Waals surface area contributed by atoms with E-state index in [1.54, 1.807) is 30.6 Å². The number of rotatable bonds is 6. The third kappa shape index (κ3) is 3.84. The maximum atomic E-state index is 12.4. The van der Waals surface area contributed by atoms with E-state index < -0.39 is 6.61 Å². The number of ether oxygens (including phenoxy) is 2. The summed E-state index contributed by atoms with van der Waals surface area (Å²) in [5.41, 5.74) is 1.32. The van der Waals surface area contributed by atoms with E-state index in [0.29, 0.717) is 18.8 Å². The Labute approximate surface area is 163 Å². The van der Waals surface area contributed by atoms with Crippen LogP contribution in [-0.2, 0) is 4.79 Å². The largest absolute Gasteiger partial charge is 0.497 e. The van der Waals surface area contributed by atoms with Gasteiger partial charge in [-0.15, -0.1) is 0 Å². The minimum Gasteiger partial charge on any atom is -0.497 e. The lowest BCUT2D eigenvalue weighted by Gasteiger charge is -2.37. The zero-order valence-electron chi connectivity index (χ0n) is 14.9. The third-order valence-electron chi connectivity index (χ3n) is 4.43. The molecule has 6 nitrogen and oxygen atoms in total. The Morgan fingerprint density at radius 2 is 2.07 bits per heavy atom. The first-order valence-corrected chi connectivity index (χ1v) is 9.39. The normalized spacial score (nSPS) is 14.2. The van der Waals surface area contributed by atoms with Crippen LogP contribution in [0.5, 0.6) is 11.5 Å². The summed E-state index contributed by atoms with van der Waals surface area (Å²) in [6.07, 6.45) is 0. The molecule has 1 aliphatic rings. The number of thiazole rings is 1. The van der Waals surface area contributed by atoms with Gasteiger partial charge in [-0.05, 0) is 30.3 Å². The molecule has 1 aromatic heterocycles. The van der Waals surface area contributed by atoms with Gasteiger partial charge in [0.1, 0.15) is 11.5 Å². The van der Waals surface area contributed by atoms with Crippen LogP contribution in [-0.4, -0.2) is 37.7 Å². The Morgan fingerprint density at radius 3 is 2.82 bits per heavy atom. The highest BCUT2D eigenvalue weighted by Gasteiger charge is 2.34. The van der Waals surface area contributed by atoms with Crippen molar-refractivity contribution in [1.29, 1.82) is 0 Å². The number of hydrogen-bond donors (Lipinski definition) is 1. The van der Waals surface area contributed by atoms with Crippen molar-refractivity contribution in [3.05, 3.63) is 42.5 Å². The molecule has 1 N–H and O–H groups in total. The highest BCUT2D eigenvalue weighted by Crippen LogP contribution is 2.35. The summed E-state index contributed by atoms with van der Waals surface area (Å²) < 4.78 is 35.2. The summed E-state index contributed by atoms with van der Waals surface area (Å²) in [4.78, 5) is 19.0. The van der Waals surface area contributed by atoms with Gasteiger partial charge in [-0.25, -0.2) is 4.98 Å². The van der Waals surface area contributed by atoms with Gasteiger partial charge in [-0.1, -0.05) is 17.4 Å². The maximum absolute atomic E-state index is 12.4. The van der Waals surface area contributed by atoms with Crippen LogP contribution in [0.1, 0.15) is 0 Å². The molecule has 0 aliphatic carbocycles. The van der Waals surface area contributed by atoms with Crippen molar-refractivity contribution in [3.63, 3.8) is 0 Å². The van der Waals surface area contributed by atoms with Gasteiger partial charge in [0.25, 0.3) is 0 Å². The molecular weight excluding hydrogens is 388 g/mol. The maximum Gasteiger partial charge on any atom is 0.387 e. The van der Waals surface area contributed by atoms with Crippen molar-refractivity contribution in [2.75, 3.05) is 30.4 Å². The van der Waals surface area contributed by atoms with Crippen LogP contribution in [0.4, 0.5) is 19.6 Å². The fourth-order valence-corrected chi connectivity index (χ4v) is 3.96. The molecule has 146 valence electrons. The molecule has 0 unspecified atom stereocenters. The molecule has 0 radical (unpaired) electrons. The summed E-state index contributed by atoms with van der Waals surface area (Å²) in [5, 5.41) is 3.61. The monoisotopic (exact) mass is 405 g/mol. The number of carbonyl (C=O) groups is 1. The van der Waals surface area contributed by atoms with Gasteiger partial charge in [0, 0.05) is 24.8 Å². The number of hydrogen-bond acceptors (Lipinski definition) is 6. The van der Waals surface area contributed by atoms with Crippen LogP contribution < -0.4 is 19.7 Å². The van der Waals surface area contributed by atoms with Gasteiger partial charge >= 0.3 is 6.61 Å². The minimum atomic E-state index is -2.90. The molecule has 9 heteroatoms. The van der Waals surface area contributed by atoms with Gasteiger partial charge in [-0.3, -0.25) is 4.79 Å². The number of benzene rings is 2. The second-order valence-electron chi connectivity index (χ2n) is 6.33. The van der Waals surface area contributed by atoms with E-state index in [0.717, 1.165) is 21.1 Å². The highest BCUT2D eigenvalue weighted by atomic mass is 32.1. The number of carbonyl (C=O) groups excluding carboxylic acids is 1. The highest BCUT2D eigenvalue weighted by molar-refractivity contribution is 7.22. The van der Waals surface area contributed by atoms with Gasteiger partial charge in [0.05, 0.1) is 23.2 Å². The molecule has 0 bridgehead atoms. The van der Waals surface area contributed by atoms with Crippen LogP contribution in [0.15, 0.2) is 42.5 Å². The number of methoxy groups -OCH3 is 1. The van der Waals surface area contributed by atoms with E-state index in [1.807, 2.05) is 23.1 Å². The van der Waals surface area contributed by atoms with Crippen LogP contribution in [0, 0.1) is 5.92 Å². The second kappa shape index (κ2) is 7.59. The lowest BCUT2D eigenvalue weighted by Crippen LogP contribution is -2.52. The molecule has 1 aliphatic heterocycles. The summed E-state index contributed by atoms with van der Waals surface area (Å²) in [5.74, 6) is 0.434. The summed E-state index contributed by atoms with van der Waals surface area (Å²) >= 11 is 1.55. The van der Waals surface area contributed by atoms with Gasteiger partial charge in [-0.2, -0.15) is 8.78 Å². The van der Waals surface area contributed by atoms with Crippen LogP contribution in [0.25, 0.3) is 10.2 Å². The zero-order valence-corrected chi connectivity index (χ0v) is 15.7. The number of nitrogens with zero attached hydrogens (tertiary/aromatic N) is 2. The Balaban J connectivity index is 1.36. The predicted octanol–water partition coefficient (Wildman–Crippen LogP) is 3.98. The molecule has 0 atom stereocenters. The number of halogens is 2. The van der Waals surface area contributed by atoms with Crippen LogP contribution in [0.3, 0.4) is 0 Å². The summed E-state index contributed by atoms with van der Waals surface area (Å²) in [7, 11) is 1.62. The van der Waals surface area contributed by atoms with Crippen LogP contribution in [0.2, 0.25) is 0 Å². The molecule has 2 aromatic carbocycles. The molecule has 2 heterocycles. The molecule has 0 spiro atoms. The van der Waals surface area contributed by atoms with E-state index in [1.165, 1.54) is 12.1 Å². The molecular formula is C19H17F2N3O3S. The van der Waals surface area contributed by atoms with Crippen molar-refractivity contribution in [2.45, 2.75) is 6.61 Å². The number of fused-ring (bicyclic) bond motifs is 1.